The highest BCUT2D eigenvalue weighted by Crippen LogP contribution is 2.37. The second-order valence-electron chi connectivity index (χ2n) is 5.79. The SMILES string of the molecule is [C-]#[N+]c1c(Cl)nc2cc(F)ccc2c1Cl.[C-]#[N+]c1c(O)c2ccc(F)cc2[nH]c1=O. The van der Waals surface area contributed by atoms with Crippen LogP contribution in [0.4, 0.5) is 20.2 Å². The van der Waals surface area contributed by atoms with Crippen LogP contribution in [0.5, 0.6) is 5.75 Å². The van der Waals surface area contributed by atoms with Gasteiger partial charge >= 0.3 is 0 Å². The fourth-order valence-electron chi connectivity index (χ4n) is 2.60. The molecule has 0 bridgehead atoms. The second-order valence-corrected chi connectivity index (χ2v) is 6.53. The third kappa shape index (κ3) is 3.87. The minimum absolute atomic E-state index is 0.00639. The van der Waals surface area contributed by atoms with E-state index in [0.717, 1.165) is 12.1 Å². The van der Waals surface area contributed by atoms with E-state index < -0.39 is 22.9 Å². The van der Waals surface area contributed by atoms with Gasteiger partial charge in [-0.1, -0.05) is 23.2 Å². The molecule has 6 nitrogen and oxygen atoms in total. The Balaban J connectivity index is 0.000000171. The van der Waals surface area contributed by atoms with E-state index in [4.69, 9.17) is 36.3 Å². The van der Waals surface area contributed by atoms with E-state index in [9.17, 15) is 18.7 Å². The smallest absolute Gasteiger partial charge is 0.291 e. The van der Waals surface area contributed by atoms with Crippen molar-refractivity contribution < 1.29 is 13.9 Å². The van der Waals surface area contributed by atoms with Gasteiger partial charge in [-0.15, -0.1) is 0 Å². The first-order chi connectivity index (χ1) is 14.3. The Kier molecular flexibility index (Phi) is 5.84. The lowest BCUT2D eigenvalue weighted by molar-refractivity contribution is 0.483. The van der Waals surface area contributed by atoms with Crippen LogP contribution < -0.4 is 5.56 Å². The van der Waals surface area contributed by atoms with Crippen LogP contribution in [0.2, 0.25) is 10.2 Å². The summed E-state index contributed by atoms with van der Waals surface area (Å²) >= 11 is 11.7. The molecule has 0 amide bonds. The zero-order chi connectivity index (χ0) is 22.0. The van der Waals surface area contributed by atoms with Crippen LogP contribution in [0.3, 0.4) is 0 Å². The molecule has 2 aromatic heterocycles. The molecular weight excluding hydrogens is 437 g/mol. The third-order valence-corrected chi connectivity index (χ3v) is 4.61. The molecule has 2 N–H and O–H groups in total. The van der Waals surface area contributed by atoms with Gasteiger partial charge < -0.3 is 10.1 Å². The van der Waals surface area contributed by atoms with Gasteiger partial charge in [0.15, 0.2) is 0 Å². The zero-order valence-electron chi connectivity index (χ0n) is 14.7. The molecule has 0 aliphatic rings. The predicted octanol–water partition coefficient (Wildman–Crippen LogP) is 6.16. The van der Waals surface area contributed by atoms with Crippen LogP contribution in [0, 0.1) is 24.8 Å². The molecule has 2 heterocycles. The van der Waals surface area contributed by atoms with E-state index >= 15 is 0 Å². The molecule has 2 aromatic carbocycles. The van der Waals surface area contributed by atoms with Gasteiger partial charge in [-0.2, -0.15) is 0 Å². The van der Waals surface area contributed by atoms with E-state index in [1.807, 2.05) is 0 Å². The summed E-state index contributed by atoms with van der Waals surface area (Å²) in [7, 11) is 0. The van der Waals surface area contributed by atoms with Crippen molar-refractivity contribution in [3.8, 4) is 5.75 Å². The number of aromatic amines is 1. The van der Waals surface area contributed by atoms with Crippen LogP contribution in [0.25, 0.3) is 31.5 Å². The van der Waals surface area contributed by atoms with Crippen molar-refractivity contribution in [3.05, 3.63) is 91.4 Å². The Morgan fingerprint density at radius 2 is 1.57 bits per heavy atom. The monoisotopic (exact) mass is 444 g/mol. The fourth-order valence-corrected chi connectivity index (χ4v) is 3.17. The molecule has 30 heavy (non-hydrogen) atoms. The molecule has 0 aliphatic heterocycles. The van der Waals surface area contributed by atoms with Crippen molar-refractivity contribution in [1.29, 1.82) is 0 Å². The van der Waals surface area contributed by atoms with Gasteiger partial charge in [-0.25, -0.2) is 23.5 Å². The summed E-state index contributed by atoms with van der Waals surface area (Å²) in [5, 5.41) is 10.5. The van der Waals surface area contributed by atoms with Gasteiger partial charge in [0.2, 0.25) is 5.69 Å². The number of fused-ring (bicyclic) bond motifs is 2. The largest absolute Gasteiger partial charge is 0.518 e. The van der Waals surface area contributed by atoms with Gasteiger partial charge in [0, 0.05) is 16.8 Å². The lowest BCUT2D eigenvalue weighted by Gasteiger charge is -2.03. The highest BCUT2D eigenvalue weighted by Gasteiger charge is 2.13. The molecule has 0 saturated heterocycles. The molecule has 4 aromatic rings. The Morgan fingerprint density at radius 1 is 0.967 bits per heavy atom. The highest BCUT2D eigenvalue weighted by atomic mass is 35.5. The van der Waals surface area contributed by atoms with Gasteiger partial charge in [-0.3, -0.25) is 4.79 Å². The maximum Gasteiger partial charge on any atom is 0.291 e. The summed E-state index contributed by atoms with van der Waals surface area (Å²) < 4.78 is 25.7. The van der Waals surface area contributed by atoms with Crippen LogP contribution in [0.1, 0.15) is 0 Å². The molecule has 10 heteroatoms. The summed E-state index contributed by atoms with van der Waals surface area (Å²) in [5.41, 5.74) is -0.491. The minimum Gasteiger partial charge on any atom is -0.518 e. The van der Waals surface area contributed by atoms with E-state index in [1.165, 1.54) is 24.3 Å². The van der Waals surface area contributed by atoms with Crippen molar-refractivity contribution in [2.24, 2.45) is 0 Å². The molecule has 0 spiro atoms. The van der Waals surface area contributed by atoms with Crippen molar-refractivity contribution in [1.82, 2.24) is 9.97 Å². The molecule has 0 aliphatic carbocycles. The number of H-pyrrole nitrogens is 1. The van der Waals surface area contributed by atoms with Crippen molar-refractivity contribution in [2.75, 3.05) is 0 Å². The van der Waals surface area contributed by atoms with Gasteiger partial charge in [-0.05, 0) is 30.3 Å². The molecular formula is C20H8Cl2F2N4O2. The van der Waals surface area contributed by atoms with E-state index in [2.05, 4.69) is 19.7 Å². The molecule has 0 radical (unpaired) electrons. The average molecular weight is 445 g/mol. The number of hydrogen-bond donors (Lipinski definition) is 2. The summed E-state index contributed by atoms with van der Waals surface area (Å²) in [6.07, 6.45) is 0. The maximum atomic E-state index is 12.9. The quantitative estimate of drug-likeness (QED) is 0.252. The number of benzene rings is 2. The Bertz CT molecular complexity index is 1460. The van der Waals surface area contributed by atoms with Gasteiger partial charge in [0.25, 0.3) is 11.2 Å². The second kappa shape index (κ2) is 8.34. The highest BCUT2D eigenvalue weighted by molar-refractivity contribution is 6.42. The Labute approximate surface area is 177 Å². The van der Waals surface area contributed by atoms with Gasteiger partial charge in [0.1, 0.15) is 22.5 Å². The van der Waals surface area contributed by atoms with Crippen molar-refractivity contribution in [3.63, 3.8) is 0 Å². The number of aromatic hydroxyl groups is 1. The molecule has 0 fully saturated rings. The lowest BCUT2D eigenvalue weighted by atomic mass is 10.2. The summed E-state index contributed by atoms with van der Waals surface area (Å²) in [6, 6.07) is 7.51. The fraction of sp³-hybridized carbons (Fsp3) is 0. The lowest BCUT2D eigenvalue weighted by Crippen LogP contribution is -2.04. The zero-order valence-corrected chi connectivity index (χ0v) is 16.2. The summed E-state index contributed by atoms with van der Waals surface area (Å²) in [6.45, 7) is 13.6. The molecule has 0 atom stereocenters. The molecule has 0 unspecified atom stereocenters. The summed E-state index contributed by atoms with van der Waals surface area (Å²) in [4.78, 5) is 23.5. The predicted molar refractivity (Wildman–Crippen MR) is 110 cm³/mol. The molecule has 148 valence electrons. The standard InChI is InChI=1S/C10H3Cl2FN2.C10H5FN2O2/c1-14-9-8(11)6-3-2-5(13)4-7(6)15-10(9)12;1-12-8-9(14)6-3-2-5(11)4-7(6)13-10(8)15/h2-4H;2-4H,(H2,13,14,15). The minimum atomic E-state index is -0.722. The number of rotatable bonds is 0. The third-order valence-electron chi connectivity index (χ3n) is 3.97. The van der Waals surface area contributed by atoms with E-state index in [1.54, 1.807) is 0 Å². The van der Waals surface area contributed by atoms with E-state index in [0.29, 0.717) is 10.9 Å². The number of hydrogen-bond acceptors (Lipinski definition) is 3. The van der Waals surface area contributed by atoms with Crippen LogP contribution >= 0.6 is 23.2 Å². The number of halogens is 4. The maximum absolute atomic E-state index is 12.9. The number of nitrogens with one attached hydrogen (secondary N) is 1. The average Bonchev–Trinajstić information content (AvgIpc) is 2.68. The number of aromatic nitrogens is 2. The molecule has 4 rings (SSSR count). The first-order valence-corrected chi connectivity index (χ1v) is 8.76. The first-order valence-electron chi connectivity index (χ1n) is 8.00. The molecule has 0 saturated carbocycles. The number of nitrogens with zero attached hydrogens (tertiary/aromatic N) is 3. The van der Waals surface area contributed by atoms with Crippen LogP contribution in [-0.4, -0.2) is 15.1 Å². The van der Waals surface area contributed by atoms with Crippen LogP contribution in [-0.2, 0) is 0 Å². The van der Waals surface area contributed by atoms with Crippen molar-refractivity contribution in [2.45, 2.75) is 0 Å². The first kappa shape index (κ1) is 21.0. The Morgan fingerprint density at radius 3 is 2.20 bits per heavy atom. The number of pyridine rings is 2. The normalized spacial score (nSPS) is 10.2. The van der Waals surface area contributed by atoms with E-state index in [-0.39, 0.29) is 32.5 Å². The van der Waals surface area contributed by atoms with Crippen LogP contribution in [0.15, 0.2) is 41.2 Å². The Hall–Kier alpha value is -3.72. The van der Waals surface area contributed by atoms with Gasteiger partial charge in [0.05, 0.1) is 29.2 Å². The van der Waals surface area contributed by atoms with Crippen molar-refractivity contribution >= 4 is 56.4 Å². The topological polar surface area (TPSA) is 74.7 Å². The summed E-state index contributed by atoms with van der Waals surface area (Å²) in [5.74, 6) is -1.35.